The lowest BCUT2D eigenvalue weighted by Gasteiger charge is -2.27. The van der Waals surface area contributed by atoms with Gasteiger partial charge in [-0.2, -0.15) is 0 Å². The molecule has 0 saturated carbocycles. The molecule has 0 spiro atoms. The molecule has 158 valence electrons. The maximum atomic E-state index is 13.2. The number of benzene rings is 3. The van der Waals surface area contributed by atoms with E-state index in [1.165, 1.54) is 0 Å². The summed E-state index contributed by atoms with van der Waals surface area (Å²) in [7, 11) is 3.20. The number of rotatable bonds is 6. The molecule has 1 atom stereocenters. The number of methoxy groups -OCH3 is 2. The first-order chi connectivity index (χ1) is 15.0. The van der Waals surface area contributed by atoms with Crippen LogP contribution in [0.2, 0.25) is 5.02 Å². The molecule has 31 heavy (non-hydrogen) atoms. The van der Waals surface area contributed by atoms with Crippen LogP contribution in [0.25, 0.3) is 5.57 Å². The van der Waals surface area contributed by atoms with E-state index in [0.29, 0.717) is 28.6 Å². The molecule has 3 aromatic carbocycles. The molecule has 0 bridgehead atoms. The molecule has 1 heterocycles. The third-order valence-corrected chi connectivity index (χ3v) is 5.63. The Morgan fingerprint density at radius 2 is 1.61 bits per heavy atom. The molecule has 0 radical (unpaired) electrons. The molecule has 1 aliphatic heterocycles. The van der Waals surface area contributed by atoms with Gasteiger partial charge in [-0.05, 0) is 53.1 Å². The Kier molecular flexibility index (Phi) is 5.87. The van der Waals surface area contributed by atoms with Gasteiger partial charge in [-0.15, -0.1) is 0 Å². The number of hydrogen-bond donors (Lipinski definition) is 1. The van der Waals surface area contributed by atoms with Crippen molar-refractivity contribution in [2.24, 2.45) is 0 Å². The zero-order chi connectivity index (χ0) is 22.0. The number of halogens is 1. The lowest BCUT2D eigenvalue weighted by atomic mass is 9.93. The van der Waals surface area contributed by atoms with Crippen molar-refractivity contribution in [3.8, 4) is 11.5 Å². The van der Waals surface area contributed by atoms with Gasteiger partial charge in [-0.25, -0.2) is 0 Å². The number of aliphatic hydroxyl groups excluding tert-OH is 1. The second kappa shape index (κ2) is 8.74. The van der Waals surface area contributed by atoms with Crippen LogP contribution in [-0.2, 0) is 11.3 Å². The maximum Gasteiger partial charge on any atom is 0.290 e. The van der Waals surface area contributed by atoms with E-state index in [-0.39, 0.29) is 5.76 Å². The van der Waals surface area contributed by atoms with Crippen molar-refractivity contribution in [1.29, 1.82) is 0 Å². The lowest BCUT2D eigenvalue weighted by molar-refractivity contribution is -0.130. The average molecular weight is 436 g/mol. The summed E-state index contributed by atoms with van der Waals surface area (Å²) in [5.41, 5.74) is 3.06. The number of nitrogens with zero attached hydrogens (tertiary/aromatic N) is 1. The largest absolute Gasteiger partial charge is 0.503 e. The Hall–Kier alpha value is -3.44. The topological polar surface area (TPSA) is 59.0 Å². The Bertz CT molecular complexity index is 1120. The van der Waals surface area contributed by atoms with Crippen LogP contribution in [0.3, 0.4) is 0 Å². The number of carbonyl (C=O) groups is 1. The van der Waals surface area contributed by atoms with Crippen LogP contribution in [-0.4, -0.2) is 30.1 Å². The smallest absolute Gasteiger partial charge is 0.290 e. The molecule has 1 aliphatic rings. The first kappa shape index (κ1) is 20.8. The average Bonchev–Trinajstić information content (AvgIpc) is 3.05. The van der Waals surface area contributed by atoms with Crippen LogP contribution in [0.1, 0.15) is 22.7 Å². The van der Waals surface area contributed by atoms with E-state index in [9.17, 15) is 9.90 Å². The van der Waals surface area contributed by atoms with Gasteiger partial charge in [0.2, 0.25) is 0 Å². The third kappa shape index (κ3) is 4.09. The summed E-state index contributed by atoms with van der Waals surface area (Å²) in [6.45, 7) is 0.313. The molecule has 4 rings (SSSR count). The molecule has 0 aromatic heterocycles. The Labute approximate surface area is 186 Å². The summed E-state index contributed by atoms with van der Waals surface area (Å²) in [4.78, 5) is 14.8. The molecule has 0 saturated heterocycles. The Morgan fingerprint density at radius 3 is 2.26 bits per heavy atom. The van der Waals surface area contributed by atoms with Crippen molar-refractivity contribution in [3.63, 3.8) is 0 Å². The van der Waals surface area contributed by atoms with Crippen LogP contribution in [0.5, 0.6) is 11.5 Å². The van der Waals surface area contributed by atoms with Crippen LogP contribution in [0.4, 0.5) is 0 Å². The number of amides is 1. The van der Waals surface area contributed by atoms with Gasteiger partial charge in [0, 0.05) is 17.1 Å². The number of hydrogen-bond acceptors (Lipinski definition) is 4. The molecule has 1 amide bonds. The molecular weight excluding hydrogens is 414 g/mol. The van der Waals surface area contributed by atoms with Gasteiger partial charge in [0.25, 0.3) is 5.91 Å². The first-order valence-corrected chi connectivity index (χ1v) is 10.2. The molecular formula is C25H22ClNO4. The fourth-order valence-electron chi connectivity index (χ4n) is 3.84. The molecule has 6 heteroatoms. The van der Waals surface area contributed by atoms with Crippen molar-refractivity contribution < 1.29 is 19.4 Å². The summed E-state index contributed by atoms with van der Waals surface area (Å²) in [6, 6.07) is 21.7. The predicted molar refractivity (Wildman–Crippen MR) is 120 cm³/mol. The van der Waals surface area contributed by atoms with E-state index in [1.54, 1.807) is 31.3 Å². The van der Waals surface area contributed by atoms with Gasteiger partial charge in [-0.1, -0.05) is 48.0 Å². The zero-order valence-corrected chi connectivity index (χ0v) is 18.0. The summed E-state index contributed by atoms with van der Waals surface area (Å²) >= 11 is 6.09. The highest BCUT2D eigenvalue weighted by Crippen LogP contribution is 2.44. The predicted octanol–water partition coefficient (Wildman–Crippen LogP) is 5.41. The highest BCUT2D eigenvalue weighted by Gasteiger charge is 2.41. The lowest BCUT2D eigenvalue weighted by Crippen LogP contribution is -2.29. The third-order valence-electron chi connectivity index (χ3n) is 5.38. The van der Waals surface area contributed by atoms with Gasteiger partial charge in [0.15, 0.2) is 5.76 Å². The summed E-state index contributed by atoms with van der Waals surface area (Å²) in [6.07, 6.45) is 0. The highest BCUT2D eigenvalue weighted by molar-refractivity contribution is 6.30. The van der Waals surface area contributed by atoms with Crippen molar-refractivity contribution >= 4 is 23.1 Å². The SMILES string of the molecule is COc1ccc(C2=C(O)C(=O)N(Cc3cccc(OC)c3)[C@H]2c2ccc(Cl)cc2)cc1. The molecule has 1 N–H and O–H groups in total. The van der Waals surface area contributed by atoms with E-state index < -0.39 is 11.9 Å². The van der Waals surface area contributed by atoms with Crippen molar-refractivity contribution in [2.45, 2.75) is 12.6 Å². The molecule has 0 unspecified atom stereocenters. The minimum Gasteiger partial charge on any atom is -0.503 e. The van der Waals surface area contributed by atoms with Crippen molar-refractivity contribution in [2.75, 3.05) is 14.2 Å². The first-order valence-electron chi connectivity index (χ1n) is 9.78. The molecule has 0 aliphatic carbocycles. The van der Waals surface area contributed by atoms with Crippen molar-refractivity contribution in [3.05, 3.63) is 100 Å². The molecule has 0 fully saturated rings. The normalized spacial score (nSPS) is 16.0. The van der Waals surface area contributed by atoms with Crippen molar-refractivity contribution in [1.82, 2.24) is 4.90 Å². The minimum absolute atomic E-state index is 0.256. The molecule has 3 aromatic rings. The summed E-state index contributed by atoms with van der Waals surface area (Å²) in [5.74, 6) is 0.728. The van der Waals surface area contributed by atoms with Gasteiger partial charge >= 0.3 is 0 Å². The highest BCUT2D eigenvalue weighted by atomic mass is 35.5. The Morgan fingerprint density at radius 1 is 0.935 bits per heavy atom. The van der Waals surface area contributed by atoms with E-state index >= 15 is 0 Å². The van der Waals surface area contributed by atoms with Crippen LogP contribution >= 0.6 is 11.6 Å². The van der Waals surface area contributed by atoms with E-state index in [1.807, 2.05) is 60.7 Å². The maximum absolute atomic E-state index is 13.2. The van der Waals surface area contributed by atoms with Crippen LogP contribution < -0.4 is 9.47 Å². The van der Waals surface area contributed by atoms with E-state index in [0.717, 1.165) is 16.7 Å². The minimum atomic E-state index is -0.468. The fraction of sp³-hybridized carbons (Fsp3) is 0.160. The van der Waals surface area contributed by atoms with Crippen LogP contribution in [0.15, 0.2) is 78.6 Å². The monoisotopic (exact) mass is 435 g/mol. The van der Waals surface area contributed by atoms with Gasteiger partial charge in [0.1, 0.15) is 11.5 Å². The fourth-order valence-corrected chi connectivity index (χ4v) is 3.97. The second-order valence-corrected chi connectivity index (χ2v) is 7.67. The molecule has 5 nitrogen and oxygen atoms in total. The summed E-state index contributed by atoms with van der Waals surface area (Å²) < 4.78 is 10.6. The zero-order valence-electron chi connectivity index (χ0n) is 17.2. The number of carbonyl (C=O) groups excluding carboxylic acids is 1. The Balaban J connectivity index is 1.78. The van der Waals surface area contributed by atoms with Gasteiger partial charge in [0.05, 0.1) is 20.3 Å². The summed E-state index contributed by atoms with van der Waals surface area (Å²) in [5, 5.41) is 11.5. The second-order valence-electron chi connectivity index (χ2n) is 7.23. The standard InChI is InChI=1S/C25H22ClNO4/c1-30-20-12-8-17(9-13-20)22-23(18-6-10-19(26)11-7-18)27(25(29)24(22)28)15-16-4-3-5-21(14-16)31-2/h3-14,23,28H,15H2,1-2H3/t23-/m0/s1. The van der Waals surface area contributed by atoms with Crippen LogP contribution in [0, 0.1) is 0 Å². The number of aliphatic hydroxyl groups is 1. The van der Waals surface area contributed by atoms with E-state index in [4.69, 9.17) is 21.1 Å². The number of ether oxygens (including phenoxy) is 2. The van der Waals surface area contributed by atoms with E-state index in [2.05, 4.69) is 0 Å². The quantitative estimate of drug-likeness (QED) is 0.562. The van der Waals surface area contributed by atoms with Gasteiger partial charge < -0.3 is 19.5 Å². The van der Waals surface area contributed by atoms with Gasteiger partial charge in [-0.3, -0.25) is 4.79 Å².